The Labute approximate surface area is 148 Å². The number of nitrogens with zero attached hydrogens (tertiary/aromatic N) is 3. The topological polar surface area (TPSA) is 94.1 Å². The van der Waals surface area contributed by atoms with Crippen molar-refractivity contribution in [2.45, 2.75) is 18.9 Å². The van der Waals surface area contributed by atoms with E-state index in [0.29, 0.717) is 24.3 Å². The minimum atomic E-state index is -0.436. The molecule has 3 heterocycles. The van der Waals surface area contributed by atoms with Gasteiger partial charge >= 0.3 is 6.03 Å². The third kappa shape index (κ3) is 3.22. The fourth-order valence-electron chi connectivity index (χ4n) is 3.27. The molecule has 0 aliphatic carbocycles. The Bertz CT molecular complexity index is 855. The van der Waals surface area contributed by atoms with Gasteiger partial charge in [0.15, 0.2) is 0 Å². The van der Waals surface area contributed by atoms with E-state index in [0.717, 1.165) is 23.2 Å². The van der Waals surface area contributed by atoms with Crippen LogP contribution >= 0.6 is 11.3 Å². The molecule has 1 aliphatic heterocycles. The summed E-state index contributed by atoms with van der Waals surface area (Å²) < 4.78 is 0. The highest BCUT2D eigenvalue weighted by atomic mass is 32.1. The number of urea groups is 1. The number of hydrogen-bond donors (Lipinski definition) is 3. The fourth-order valence-corrected chi connectivity index (χ4v) is 4.08. The maximum atomic E-state index is 12.5. The van der Waals surface area contributed by atoms with Crippen molar-refractivity contribution in [3.63, 3.8) is 0 Å². The van der Waals surface area contributed by atoms with Crippen molar-refractivity contribution < 1.29 is 9.90 Å². The summed E-state index contributed by atoms with van der Waals surface area (Å²) >= 11 is 1.58. The third-order valence-electron chi connectivity index (χ3n) is 4.70. The van der Waals surface area contributed by atoms with E-state index in [2.05, 4.69) is 20.7 Å². The molecule has 8 heteroatoms. The average molecular weight is 357 g/mol. The summed E-state index contributed by atoms with van der Waals surface area (Å²) in [6, 6.07) is 9.27. The van der Waals surface area contributed by atoms with E-state index >= 15 is 0 Å². The van der Waals surface area contributed by atoms with Crippen LogP contribution in [0.25, 0.3) is 11.0 Å². The van der Waals surface area contributed by atoms with Crippen molar-refractivity contribution in [3.05, 3.63) is 40.6 Å². The summed E-state index contributed by atoms with van der Waals surface area (Å²) in [6.07, 6.45) is 1.15. The number of aromatic amines is 1. The monoisotopic (exact) mass is 357 g/mol. The number of anilines is 1. The molecule has 0 radical (unpaired) electrons. The Morgan fingerprint density at radius 3 is 2.88 bits per heavy atom. The lowest BCUT2D eigenvalue weighted by Gasteiger charge is -2.34. The average Bonchev–Trinajstić information content (AvgIpc) is 3.33. The molecule has 0 spiro atoms. The van der Waals surface area contributed by atoms with Gasteiger partial charge in [0.25, 0.3) is 0 Å². The van der Waals surface area contributed by atoms with Gasteiger partial charge in [0.2, 0.25) is 0 Å². The second kappa shape index (κ2) is 6.81. The van der Waals surface area contributed by atoms with E-state index in [9.17, 15) is 9.90 Å². The lowest BCUT2D eigenvalue weighted by Crippen LogP contribution is -2.42. The molecule has 2 amide bonds. The second-order valence-electron chi connectivity index (χ2n) is 6.21. The number of aliphatic hydroxyl groups excluding tert-OH is 1. The third-order valence-corrected chi connectivity index (χ3v) is 5.64. The van der Waals surface area contributed by atoms with Gasteiger partial charge in [-0.25, -0.2) is 4.79 Å². The summed E-state index contributed by atoms with van der Waals surface area (Å²) in [6.45, 7) is 1.27. The van der Waals surface area contributed by atoms with Crippen LogP contribution in [0.4, 0.5) is 10.5 Å². The number of benzene rings is 1. The molecule has 2 aromatic heterocycles. The molecule has 0 unspecified atom stereocenters. The Balaban J connectivity index is 1.37. The summed E-state index contributed by atoms with van der Waals surface area (Å²) in [4.78, 5) is 15.3. The van der Waals surface area contributed by atoms with Crippen LogP contribution in [0, 0.1) is 5.92 Å². The Hall–Kier alpha value is -2.45. The van der Waals surface area contributed by atoms with E-state index < -0.39 is 6.10 Å². The van der Waals surface area contributed by atoms with Gasteiger partial charge < -0.3 is 15.3 Å². The van der Waals surface area contributed by atoms with Crippen LogP contribution in [0.1, 0.15) is 23.8 Å². The maximum Gasteiger partial charge on any atom is 0.321 e. The first-order chi connectivity index (χ1) is 12.2. The largest absolute Gasteiger partial charge is 0.387 e. The van der Waals surface area contributed by atoms with E-state index in [1.165, 1.54) is 0 Å². The van der Waals surface area contributed by atoms with Crippen LogP contribution in [0.15, 0.2) is 35.7 Å². The van der Waals surface area contributed by atoms with Crippen molar-refractivity contribution in [1.82, 2.24) is 20.3 Å². The van der Waals surface area contributed by atoms with Crippen LogP contribution in [-0.4, -0.2) is 44.5 Å². The number of amides is 2. The number of hydrogen-bond acceptors (Lipinski definition) is 5. The van der Waals surface area contributed by atoms with Crippen molar-refractivity contribution in [2.24, 2.45) is 5.92 Å². The zero-order valence-corrected chi connectivity index (χ0v) is 14.4. The van der Waals surface area contributed by atoms with Gasteiger partial charge in [-0.1, -0.05) is 12.1 Å². The summed E-state index contributed by atoms with van der Waals surface area (Å²) in [5.74, 6) is 0.196. The van der Waals surface area contributed by atoms with E-state index in [1.807, 2.05) is 35.7 Å². The van der Waals surface area contributed by atoms with Crippen LogP contribution in [0.5, 0.6) is 0 Å². The van der Waals surface area contributed by atoms with Crippen molar-refractivity contribution in [2.75, 3.05) is 18.4 Å². The quantitative estimate of drug-likeness (QED) is 0.672. The lowest BCUT2D eigenvalue weighted by molar-refractivity contribution is 0.0708. The summed E-state index contributed by atoms with van der Waals surface area (Å²) in [5, 5.41) is 26.0. The summed E-state index contributed by atoms with van der Waals surface area (Å²) in [7, 11) is 0. The molecule has 0 bridgehead atoms. The number of carbonyl (C=O) groups excluding carboxylic acids is 1. The number of likely N-dealkylation sites (tertiary alicyclic amines) is 1. The molecule has 7 nitrogen and oxygen atoms in total. The molecule has 1 atom stereocenters. The first-order valence-electron chi connectivity index (χ1n) is 8.29. The first-order valence-corrected chi connectivity index (χ1v) is 9.17. The number of aromatic nitrogens is 3. The van der Waals surface area contributed by atoms with Gasteiger partial charge in [-0.2, -0.15) is 15.4 Å². The van der Waals surface area contributed by atoms with Gasteiger partial charge in [-0.3, -0.25) is 0 Å². The number of nitrogens with one attached hydrogen (secondary N) is 2. The normalized spacial score (nSPS) is 16.9. The molecule has 4 rings (SSSR count). The Morgan fingerprint density at radius 2 is 2.12 bits per heavy atom. The highest BCUT2D eigenvalue weighted by molar-refractivity contribution is 7.10. The SMILES string of the molecule is O=C(Nc1cccc2n[nH]nc12)N1CCC([C@H](O)c2cccs2)CC1. The molecule has 1 fully saturated rings. The van der Waals surface area contributed by atoms with Gasteiger partial charge in [0, 0.05) is 18.0 Å². The Morgan fingerprint density at radius 1 is 1.28 bits per heavy atom. The Kier molecular flexibility index (Phi) is 4.37. The van der Waals surface area contributed by atoms with Crippen LogP contribution in [0.2, 0.25) is 0 Å². The highest BCUT2D eigenvalue weighted by Gasteiger charge is 2.29. The van der Waals surface area contributed by atoms with E-state index in [-0.39, 0.29) is 11.9 Å². The molecule has 1 aliphatic rings. The van der Waals surface area contributed by atoms with Gasteiger partial charge in [-0.05, 0) is 42.3 Å². The fraction of sp³-hybridized carbons (Fsp3) is 0.353. The lowest BCUT2D eigenvalue weighted by atomic mass is 9.90. The van der Waals surface area contributed by atoms with Crippen molar-refractivity contribution in [3.8, 4) is 0 Å². The van der Waals surface area contributed by atoms with Crippen LogP contribution in [0.3, 0.4) is 0 Å². The van der Waals surface area contributed by atoms with Gasteiger partial charge in [0.05, 0.1) is 11.8 Å². The summed E-state index contributed by atoms with van der Waals surface area (Å²) in [5.41, 5.74) is 2.02. The van der Waals surface area contributed by atoms with Crippen molar-refractivity contribution in [1.29, 1.82) is 0 Å². The number of carbonyl (C=O) groups is 1. The number of piperidine rings is 1. The number of rotatable bonds is 3. The smallest absolute Gasteiger partial charge is 0.321 e. The highest BCUT2D eigenvalue weighted by Crippen LogP contribution is 2.33. The standard InChI is InChI=1S/C17H19N5O2S/c23-16(14-5-2-10-25-14)11-6-8-22(9-7-11)17(24)18-12-3-1-4-13-15(12)20-21-19-13/h1-5,10-11,16,23H,6-9H2,(H,18,24)(H,19,20,21)/t16-/m0/s1. The van der Waals surface area contributed by atoms with E-state index in [1.54, 1.807) is 16.2 Å². The number of fused-ring (bicyclic) bond motifs is 1. The number of aliphatic hydroxyl groups is 1. The predicted molar refractivity (Wildman–Crippen MR) is 96.5 cm³/mol. The van der Waals surface area contributed by atoms with Crippen LogP contribution in [-0.2, 0) is 0 Å². The molecule has 1 saturated heterocycles. The molecule has 25 heavy (non-hydrogen) atoms. The minimum Gasteiger partial charge on any atom is -0.387 e. The van der Waals surface area contributed by atoms with Gasteiger partial charge in [0.1, 0.15) is 11.0 Å². The second-order valence-corrected chi connectivity index (χ2v) is 7.19. The zero-order chi connectivity index (χ0) is 17.2. The molecular formula is C17H19N5O2S. The first kappa shape index (κ1) is 16.0. The molecular weight excluding hydrogens is 338 g/mol. The van der Waals surface area contributed by atoms with Crippen LogP contribution < -0.4 is 5.32 Å². The van der Waals surface area contributed by atoms with Gasteiger partial charge in [-0.15, -0.1) is 11.3 Å². The zero-order valence-electron chi connectivity index (χ0n) is 13.6. The number of para-hydroxylation sites is 1. The molecule has 1 aromatic carbocycles. The van der Waals surface area contributed by atoms with E-state index in [4.69, 9.17) is 0 Å². The number of thiophene rings is 1. The van der Waals surface area contributed by atoms with Crippen molar-refractivity contribution >= 4 is 34.1 Å². The molecule has 3 N–H and O–H groups in total. The number of H-pyrrole nitrogens is 1. The predicted octanol–water partition coefficient (Wildman–Crippen LogP) is 3.00. The molecule has 3 aromatic rings. The molecule has 130 valence electrons. The minimum absolute atomic E-state index is 0.139. The maximum absolute atomic E-state index is 12.5. The molecule has 0 saturated carbocycles.